The van der Waals surface area contributed by atoms with E-state index in [9.17, 15) is 8.42 Å². The maximum absolute atomic E-state index is 10.7. The largest absolute Gasteiger partial charge is 0.314 e. The van der Waals surface area contributed by atoms with Crippen molar-refractivity contribution in [1.29, 1.82) is 0 Å². The van der Waals surface area contributed by atoms with Gasteiger partial charge in [0.1, 0.15) is 0 Å². The fraction of sp³-hybridized carbons (Fsp3) is 0.538. The summed E-state index contributed by atoms with van der Waals surface area (Å²) in [6.45, 7) is 2.80. The highest BCUT2D eigenvalue weighted by Crippen LogP contribution is 2.04. The summed E-state index contributed by atoms with van der Waals surface area (Å²) in [5.41, 5.74) is 1.33. The van der Waals surface area contributed by atoms with Crippen molar-refractivity contribution in [2.45, 2.75) is 32.2 Å². The Balaban J connectivity index is 2.13. The summed E-state index contributed by atoms with van der Waals surface area (Å²) in [7, 11) is -3.32. The summed E-state index contributed by atoms with van der Waals surface area (Å²) >= 11 is 0. The Labute approximate surface area is 110 Å². The molecule has 3 N–H and O–H groups in total. The number of benzene rings is 1. The minimum atomic E-state index is -3.32. The first-order valence-electron chi connectivity index (χ1n) is 6.25. The van der Waals surface area contributed by atoms with Gasteiger partial charge in [-0.3, -0.25) is 0 Å². The second kappa shape index (κ2) is 7.51. The lowest BCUT2D eigenvalue weighted by Crippen LogP contribution is -2.29. The van der Waals surface area contributed by atoms with Crippen molar-refractivity contribution in [2.75, 3.05) is 12.3 Å². The van der Waals surface area contributed by atoms with E-state index in [1.165, 1.54) is 5.56 Å². The van der Waals surface area contributed by atoms with Crippen LogP contribution in [0, 0.1) is 0 Å². The summed E-state index contributed by atoms with van der Waals surface area (Å²) in [5.74, 6) is 0.0470. The van der Waals surface area contributed by atoms with Crippen LogP contribution >= 0.6 is 0 Å². The van der Waals surface area contributed by atoms with E-state index < -0.39 is 10.0 Å². The van der Waals surface area contributed by atoms with E-state index in [4.69, 9.17) is 5.14 Å². The second-order valence-corrected chi connectivity index (χ2v) is 6.33. The topological polar surface area (TPSA) is 72.2 Å². The molecular weight excluding hydrogens is 248 g/mol. The summed E-state index contributed by atoms with van der Waals surface area (Å²) in [5, 5.41) is 8.24. The molecule has 0 fully saturated rings. The van der Waals surface area contributed by atoms with Crippen LogP contribution in [0.15, 0.2) is 30.3 Å². The number of hydrogen-bond acceptors (Lipinski definition) is 3. The number of rotatable bonds is 8. The third-order valence-corrected chi connectivity index (χ3v) is 3.66. The Morgan fingerprint density at radius 2 is 1.94 bits per heavy atom. The van der Waals surface area contributed by atoms with Crippen molar-refractivity contribution in [1.82, 2.24) is 5.32 Å². The van der Waals surface area contributed by atoms with E-state index in [2.05, 4.69) is 24.4 Å². The normalized spacial score (nSPS) is 13.4. The number of sulfonamides is 1. The molecule has 1 aromatic rings. The van der Waals surface area contributed by atoms with Crippen molar-refractivity contribution in [2.24, 2.45) is 5.14 Å². The maximum atomic E-state index is 10.7. The number of nitrogens with two attached hydrogens (primary N) is 1. The van der Waals surface area contributed by atoms with E-state index in [-0.39, 0.29) is 5.75 Å². The van der Waals surface area contributed by atoms with Gasteiger partial charge in [0, 0.05) is 6.04 Å². The Morgan fingerprint density at radius 3 is 2.56 bits per heavy atom. The highest BCUT2D eigenvalue weighted by Gasteiger charge is 2.04. The third-order valence-electron chi connectivity index (χ3n) is 2.81. The molecular formula is C13H22N2O2S. The van der Waals surface area contributed by atoms with Crippen LogP contribution in [0.5, 0.6) is 0 Å². The molecule has 1 atom stereocenters. The van der Waals surface area contributed by atoms with E-state index in [0.717, 1.165) is 12.8 Å². The summed E-state index contributed by atoms with van der Waals surface area (Å²) in [4.78, 5) is 0. The van der Waals surface area contributed by atoms with Gasteiger partial charge < -0.3 is 5.32 Å². The van der Waals surface area contributed by atoms with Crippen molar-refractivity contribution in [3.05, 3.63) is 35.9 Å². The summed E-state index contributed by atoms with van der Waals surface area (Å²) in [6.07, 6.45) is 2.64. The SMILES string of the molecule is CC(CCc1ccccc1)NCCCS(N)(=O)=O. The lowest BCUT2D eigenvalue weighted by atomic mass is 10.1. The Bertz CT molecular complexity index is 432. The van der Waals surface area contributed by atoms with Gasteiger partial charge in [0.2, 0.25) is 10.0 Å². The first-order valence-corrected chi connectivity index (χ1v) is 7.97. The molecule has 0 aromatic heterocycles. The highest BCUT2D eigenvalue weighted by molar-refractivity contribution is 7.89. The van der Waals surface area contributed by atoms with Crippen LogP contribution in [0.4, 0.5) is 0 Å². The van der Waals surface area contributed by atoms with Crippen LogP contribution in [0.25, 0.3) is 0 Å². The molecule has 102 valence electrons. The highest BCUT2D eigenvalue weighted by atomic mass is 32.2. The fourth-order valence-electron chi connectivity index (χ4n) is 1.75. The molecule has 18 heavy (non-hydrogen) atoms. The predicted molar refractivity (Wildman–Crippen MR) is 74.8 cm³/mol. The maximum Gasteiger partial charge on any atom is 0.209 e. The van der Waals surface area contributed by atoms with Gasteiger partial charge in [-0.05, 0) is 38.3 Å². The molecule has 0 heterocycles. The minimum absolute atomic E-state index is 0.0470. The zero-order chi connectivity index (χ0) is 13.4. The van der Waals surface area contributed by atoms with Crippen molar-refractivity contribution in [3.8, 4) is 0 Å². The first kappa shape index (κ1) is 15.1. The Hall–Kier alpha value is -0.910. The van der Waals surface area contributed by atoms with Crippen LogP contribution in [-0.4, -0.2) is 26.8 Å². The number of nitrogens with one attached hydrogen (secondary N) is 1. The zero-order valence-electron chi connectivity index (χ0n) is 10.8. The zero-order valence-corrected chi connectivity index (χ0v) is 11.6. The van der Waals surface area contributed by atoms with Crippen molar-refractivity contribution in [3.63, 3.8) is 0 Å². The number of hydrogen-bond donors (Lipinski definition) is 2. The molecule has 1 aromatic carbocycles. The minimum Gasteiger partial charge on any atom is -0.314 e. The molecule has 4 nitrogen and oxygen atoms in total. The number of primary sulfonamides is 1. The van der Waals surface area contributed by atoms with Gasteiger partial charge in [0.05, 0.1) is 5.75 Å². The molecule has 0 bridgehead atoms. The molecule has 1 unspecified atom stereocenters. The van der Waals surface area contributed by atoms with E-state index >= 15 is 0 Å². The van der Waals surface area contributed by atoms with Gasteiger partial charge in [0.25, 0.3) is 0 Å². The molecule has 5 heteroatoms. The van der Waals surface area contributed by atoms with Crippen molar-refractivity contribution < 1.29 is 8.42 Å². The molecule has 0 aliphatic rings. The molecule has 0 amide bonds. The molecule has 0 saturated carbocycles. The van der Waals surface area contributed by atoms with Gasteiger partial charge in [-0.25, -0.2) is 13.6 Å². The van der Waals surface area contributed by atoms with Gasteiger partial charge in [-0.15, -0.1) is 0 Å². The second-order valence-electron chi connectivity index (χ2n) is 4.60. The smallest absolute Gasteiger partial charge is 0.209 e. The van der Waals surface area contributed by atoms with E-state index in [0.29, 0.717) is 19.0 Å². The van der Waals surface area contributed by atoms with Crippen LogP contribution < -0.4 is 10.5 Å². The molecule has 0 aliphatic heterocycles. The van der Waals surface area contributed by atoms with Crippen LogP contribution in [0.1, 0.15) is 25.3 Å². The lowest BCUT2D eigenvalue weighted by molar-refractivity contribution is 0.512. The third kappa shape index (κ3) is 7.42. The number of aryl methyl sites for hydroxylation is 1. The average molecular weight is 270 g/mol. The quantitative estimate of drug-likeness (QED) is 0.699. The van der Waals surface area contributed by atoms with Gasteiger partial charge in [-0.2, -0.15) is 0 Å². The average Bonchev–Trinajstić information content (AvgIpc) is 2.32. The molecule has 1 rings (SSSR count). The molecule has 0 saturated heterocycles. The monoisotopic (exact) mass is 270 g/mol. The van der Waals surface area contributed by atoms with Crippen molar-refractivity contribution >= 4 is 10.0 Å². The van der Waals surface area contributed by atoms with Gasteiger partial charge in [-0.1, -0.05) is 30.3 Å². The van der Waals surface area contributed by atoms with E-state index in [1.54, 1.807) is 0 Å². The van der Waals surface area contributed by atoms with Crippen LogP contribution in [0.2, 0.25) is 0 Å². The summed E-state index contributed by atoms with van der Waals surface area (Å²) in [6, 6.07) is 10.7. The molecule has 0 spiro atoms. The Morgan fingerprint density at radius 1 is 1.28 bits per heavy atom. The van der Waals surface area contributed by atoms with Gasteiger partial charge >= 0.3 is 0 Å². The van der Waals surface area contributed by atoms with Crippen LogP contribution in [-0.2, 0) is 16.4 Å². The van der Waals surface area contributed by atoms with Crippen LogP contribution in [0.3, 0.4) is 0 Å². The van der Waals surface area contributed by atoms with E-state index in [1.807, 2.05) is 18.2 Å². The first-order chi connectivity index (χ1) is 8.47. The van der Waals surface area contributed by atoms with Gasteiger partial charge in [0.15, 0.2) is 0 Å². The molecule has 0 radical (unpaired) electrons. The summed E-state index contributed by atoms with van der Waals surface area (Å²) < 4.78 is 21.5. The lowest BCUT2D eigenvalue weighted by Gasteiger charge is -2.13. The fourth-order valence-corrected chi connectivity index (χ4v) is 2.30. The predicted octanol–water partition coefficient (Wildman–Crippen LogP) is 1.28. The Kier molecular flexibility index (Phi) is 6.32. The molecule has 0 aliphatic carbocycles. The standard InChI is InChI=1S/C13H22N2O2S/c1-12(15-10-5-11-18(14,16)17)8-9-13-6-3-2-4-7-13/h2-4,6-7,12,15H,5,8-11H2,1H3,(H2,14,16,17).